The van der Waals surface area contributed by atoms with Gasteiger partial charge in [-0.05, 0) is 49.4 Å². The fraction of sp³-hybridized carbons (Fsp3) is 0.190. The van der Waals surface area contributed by atoms with Crippen LogP contribution in [0.25, 0.3) is 22.3 Å². The Morgan fingerprint density at radius 1 is 1.27 bits per heavy atom. The summed E-state index contributed by atoms with van der Waals surface area (Å²) in [6.45, 7) is 3.92. The summed E-state index contributed by atoms with van der Waals surface area (Å²) in [6, 6.07) is 14.5. The number of aromatic nitrogens is 5. The Labute approximate surface area is 172 Å². The molecule has 0 fully saturated rings. The molecule has 9 heteroatoms. The number of rotatable bonds is 5. The lowest BCUT2D eigenvalue weighted by Crippen LogP contribution is -2.16. The van der Waals surface area contributed by atoms with Crippen molar-refractivity contribution in [3.8, 4) is 23.2 Å². The van der Waals surface area contributed by atoms with E-state index in [4.69, 9.17) is 4.74 Å². The van der Waals surface area contributed by atoms with E-state index in [1.165, 1.54) is 0 Å². The molecule has 4 rings (SSSR count). The zero-order valence-corrected chi connectivity index (χ0v) is 16.7. The number of hydrogen-bond acceptors (Lipinski definition) is 6. The molecule has 0 saturated heterocycles. The second-order valence-electron chi connectivity index (χ2n) is 7.01. The first kappa shape index (κ1) is 19.1. The molecule has 0 saturated carbocycles. The van der Waals surface area contributed by atoms with Gasteiger partial charge in [0.15, 0.2) is 0 Å². The van der Waals surface area contributed by atoms with Crippen molar-refractivity contribution in [1.82, 2.24) is 25.2 Å². The quantitative estimate of drug-likeness (QED) is 0.529. The molecule has 0 bridgehead atoms. The van der Waals surface area contributed by atoms with Gasteiger partial charge in [0.1, 0.15) is 11.4 Å². The van der Waals surface area contributed by atoms with Gasteiger partial charge in [0.2, 0.25) is 5.82 Å². The molecule has 30 heavy (non-hydrogen) atoms. The SMILES string of the molecule is CC(C)Oc1cccc2cc(C(=O)Nc3ccc(C#N)cc3-c3nn[nH]n3)n(C)c12. The molecular formula is C21H19N7O2. The molecule has 150 valence electrons. The van der Waals surface area contributed by atoms with Crippen molar-refractivity contribution in [2.45, 2.75) is 20.0 Å². The molecule has 2 aromatic carbocycles. The fourth-order valence-corrected chi connectivity index (χ4v) is 3.32. The minimum atomic E-state index is -0.307. The molecule has 0 spiro atoms. The summed E-state index contributed by atoms with van der Waals surface area (Å²) in [7, 11) is 1.82. The Bertz CT molecular complexity index is 1270. The second kappa shape index (κ2) is 7.67. The van der Waals surface area contributed by atoms with Crippen LogP contribution < -0.4 is 10.1 Å². The number of tetrazole rings is 1. The lowest BCUT2D eigenvalue weighted by molar-refractivity contribution is 0.102. The highest BCUT2D eigenvalue weighted by molar-refractivity contribution is 6.08. The van der Waals surface area contributed by atoms with Crippen molar-refractivity contribution in [3.63, 3.8) is 0 Å². The average Bonchev–Trinajstić information content (AvgIpc) is 3.37. The first-order chi connectivity index (χ1) is 14.5. The highest BCUT2D eigenvalue weighted by Crippen LogP contribution is 2.30. The number of nitrogens with one attached hydrogen (secondary N) is 2. The number of nitriles is 1. The van der Waals surface area contributed by atoms with E-state index in [9.17, 15) is 10.1 Å². The largest absolute Gasteiger partial charge is 0.489 e. The van der Waals surface area contributed by atoms with Crippen LogP contribution in [0.15, 0.2) is 42.5 Å². The van der Waals surface area contributed by atoms with Crippen molar-refractivity contribution < 1.29 is 9.53 Å². The number of aryl methyl sites for hydroxylation is 1. The number of hydrogen-bond donors (Lipinski definition) is 2. The number of nitrogens with zero attached hydrogens (tertiary/aromatic N) is 5. The minimum Gasteiger partial charge on any atom is -0.489 e. The van der Waals surface area contributed by atoms with Crippen LogP contribution in [0, 0.1) is 11.3 Å². The van der Waals surface area contributed by atoms with Gasteiger partial charge < -0.3 is 14.6 Å². The summed E-state index contributed by atoms with van der Waals surface area (Å²) in [5, 5.41) is 26.9. The van der Waals surface area contributed by atoms with E-state index in [0.717, 1.165) is 16.7 Å². The molecule has 2 N–H and O–H groups in total. The first-order valence-corrected chi connectivity index (χ1v) is 9.32. The monoisotopic (exact) mass is 401 g/mol. The van der Waals surface area contributed by atoms with Gasteiger partial charge in [0.05, 0.1) is 28.9 Å². The number of H-pyrrole nitrogens is 1. The number of carbonyl (C=O) groups is 1. The van der Waals surface area contributed by atoms with E-state index in [1.54, 1.807) is 22.8 Å². The maximum atomic E-state index is 13.1. The van der Waals surface area contributed by atoms with Crippen LogP contribution >= 0.6 is 0 Å². The van der Waals surface area contributed by atoms with Crippen LogP contribution in [0.4, 0.5) is 5.69 Å². The summed E-state index contributed by atoms with van der Waals surface area (Å²) in [5.74, 6) is 0.695. The van der Waals surface area contributed by atoms with Gasteiger partial charge >= 0.3 is 0 Å². The van der Waals surface area contributed by atoms with E-state index in [-0.39, 0.29) is 17.8 Å². The van der Waals surface area contributed by atoms with Gasteiger partial charge in [0, 0.05) is 18.0 Å². The van der Waals surface area contributed by atoms with E-state index in [1.807, 2.05) is 45.2 Å². The third kappa shape index (κ3) is 3.46. The van der Waals surface area contributed by atoms with Crippen LogP contribution in [0.3, 0.4) is 0 Å². The predicted octanol–water partition coefficient (Wildman–Crippen LogP) is 3.27. The average molecular weight is 401 g/mol. The zero-order valence-electron chi connectivity index (χ0n) is 16.7. The molecule has 4 aromatic rings. The standard InChI is InChI=1S/C21H19N7O2/c1-12(2)30-18-6-4-5-14-10-17(28(3)19(14)18)21(29)23-16-8-7-13(11-22)9-15(16)20-24-26-27-25-20/h4-10,12H,1-3H3,(H,23,29)(H,24,25,26,27). The maximum Gasteiger partial charge on any atom is 0.272 e. The van der Waals surface area contributed by atoms with Crippen molar-refractivity contribution in [2.75, 3.05) is 5.32 Å². The normalized spacial score (nSPS) is 10.9. The summed E-state index contributed by atoms with van der Waals surface area (Å²) in [6.07, 6.45) is 0.0129. The van der Waals surface area contributed by atoms with Gasteiger partial charge in [-0.2, -0.15) is 10.5 Å². The van der Waals surface area contributed by atoms with E-state index in [0.29, 0.717) is 22.5 Å². The molecular weight excluding hydrogens is 382 g/mol. The molecule has 9 nitrogen and oxygen atoms in total. The van der Waals surface area contributed by atoms with Gasteiger partial charge in [-0.3, -0.25) is 4.79 Å². The molecule has 0 radical (unpaired) electrons. The molecule has 0 aliphatic rings. The molecule has 0 aliphatic carbocycles. The van der Waals surface area contributed by atoms with Gasteiger partial charge in [-0.1, -0.05) is 12.1 Å². The maximum absolute atomic E-state index is 13.1. The highest BCUT2D eigenvalue weighted by atomic mass is 16.5. The number of benzene rings is 2. The number of carbonyl (C=O) groups excluding carboxylic acids is 1. The summed E-state index contributed by atoms with van der Waals surface area (Å²) in [4.78, 5) is 13.1. The lowest BCUT2D eigenvalue weighted by atomic mass is 10.1. The van der Waals surface area contributed by atoms with Crippen molar-refractivity contribution in [1.29, 1.82) is 5.26 Å². The third-order valence-electron chi connectivity index (χ3n) is 4.60. The third-order valence-corrected chi connectivity index (χ3v) is 4.60. The first-order valence-electron chi connectivity index (χ1n) is 9.32. The van der Waals surface area contributed by atoms with E-state index < -0.39 is 0 Å². The number of para-hydroxylation sites is 1. The van der Waals surface area contributed by atoms with Gasteiger partial charge in [0.25, 0.3) is 5.91 Å². The van der Waals surface area contributed by atoms with Crippen LogP contribution in [0.1, 0.15) is 29.9 Å². The zero-order chi connectivity index (χ0) is 21.3. The highest BCUT2D eigenvalue weighted by Gasteiger charge is 2.19. The Morgan fingerprint density at radius 3 is 2.80 bits per heavy atom. The summed E-state index contributed by atoms with van der Waals surface area (Å²) in [5.41, 5.74) is 2.71. The molecule has 1 amide bonds. The molecule has 0 aliphatic heterocycles. The Hall–Kier alpha value is -4.19. The van der Waals surface area contributed by atoms with Crippen molar-refractivity contribution >= 4 is 22.5 Å². The number of fused-ring (bicyclic) bond motifs is 1. The van der Waals surface area contributed by atoms with Gasteiger partial charge in [-0.25, -0.2) is 0 Å². The number of amides is 1. The Morgan fingerprint density at radius 2 is 2.10 bits per heavy atom. The molecule has 0 unspecified atom stereocenters. The fourth-order valence-electron chi connectivity index (χ4n) is 3.32. The smallest absolute Gasteiger partial charge is 0.272 e. The molecule has 2 aromatic heterocycles. The lowest BCUT2D eigenvalue weighted by Gasteiger charge is -2.13. The van der Waals surface area contributed by atoms with Crippen LogP contribution in [0.5, 0.6) is 5.75 Å². The number of ether oxygens (including phenoxy) is 1. The minimum absolute atomic E-state index is 0.0129. The predicted molar refractivity (Wildman–Crippen MR) is 111 cm³/mol. The van der Waals surface area contributed by atoms with E-state index in [2.05, 4.69) is 32.0 Å². The Kier molecular flexibility index (Phi) is 4.90. The topological polar surface area (TPSA) is 122 Å². The molecule has 0 atom stereocenters. The van der Waals surface area contributed by atoms with Crippen LogP contribution in [0.2, 0.25) is 0 Å². The second-order valence-corrected chi connectivity index (χ2v) is 7.01. The number of aromatic amines is 1. The molecule has 2 heterocycles. The van der Waals surface area contributed by atoms with E-state index >= 15 is 0 Å². The van der Waals surface area contributed by atoms with Crippen LogP contribution in [-0.2, 0) is 7.05 Å². The van der Waals surface area contributed by atoms with Crippen molar-refractivity contribution in [2.24, 2.45) is 7.05 Å². The Balaban J connectivity index is 1.73. The van der Waals surface area contributed by atoms with Gasteiger partial charge in [-0.15, -0.1) is 10.2 Å². The summed E-state index contributed by atoms with van der Waals surface area (Å²) < 4.78 is 7.71. The summed E-state index contributed by atoms with van der Waals surface area (Å²) >= 11 is 0. The van der Waals surface area contributed by atoms with Crippen molar-refractivity contribution in [3.05, 3.63) is 53.7 Å². The number of anilines is 1. The van der Waals surface area contributed by atoms with Crippen LogP contribution in [-0.4, -0.2) is 37.2 Å².